The summed E-state index contributed by atoms with van der Waals surface area (Å²) >= 11 is 0. The van der Waals surface area contributed by atoms with Crippen LogP contribution in [0.2, 0.25) is 0 Å². The number of Topliss-reactive ketones (excluding diaryl/α,β-unsaturated/α-hetero) is 1. The molecule has 0 radical (unpaired) electrons. The number of aromatic nitrogens is 1. The molecule has 0 bridgehead atoms. The summed E-state index contributed by atoms with van der Waals surface area (Å²) in [6.45, 7) is 1.71. The van der Waals surface area contributed by atoms with E-state index in [2.05, 4.69) is 4.98 Å². The summed E-state index contributed by atoms with van der Waals surface area (Å²) in [5.41, 5.74) is 5.82. The Morgan fingerprint density at radius 1 is 1.25 bits per heavy atom. The average Bonchev–Trinajstić information content (AvgIpc) is 3.27. The van der Waals surface area contributed by atoms with Crippen molar-refractivity contribution < 1.29 is 19.5 Å². The van der Waals surface area contributed by atoms with Gasteiger partial charge >= 0.3 is 12.0 Å². The second kappa shape index (κ2) is 8.24. The minimum atomic E-state index is -0.930. The number of ketones is 1. The maximum atomic E-state index is 12.0. The van der Waals surface area contributed by atoms with Crippen molar-refractivity contribution >= 4 is 17.8 Å². The van der Waals surface area contributed by atoms with Crippen LogP contribution in [0.1, 0.15) is 36.0 Å². The molecular weight excluding hydrogens is 310 g/mol. The van der Waals surface area contributed by atoms with Gasteiger partial charge in [-0.25, -0.2) is 4.79 Å². The van der Waals surface area contributed by atoms with Crippen LogP contribution in [-0.4, -0.2) is 45.9 Å². The average molecular weight is 331 g/mol. The van der Waals surface area contributed by atoms with Crippen LogP contribution < -0.4 is 5.73 Å². The molecule has 0 spiro atoms. The van der Waals surface area contributed by atoms with Gasteiger partial charge in [0.05, 0.1) is 5.92 Å². The summed E-state index contributed by atoms with van der Waals surface area (Å²) in [7, 11) is 0. The second-order valence-electron chi connectivity index (χ2n) is 5.73. The van der Waals surface area contributed by atoms with Gasteiger partial charge in [-0.15, -0.1) is 0 Å². The Kier molecular flexibility index (Phi) is 6.06. The summed E-state index contributed by atoms with van der Waals surface area (Å²) < 4.78 is 0. The van der Waals surface area contributed by atoms with Crippen LogP contribution in [-0.2, 0) is 4.79 Å². The van der Waals surface area contributed by atoms with Crippen molar-refractivity contribution in [2.24, 2.45) is 11.7 Å². The first-order chi connectivity index (χ1) is 11.5. The lowest BCUT2D eigenvalue weighted by atomic mass is 9.95. The number of carbonyl (C=O) groups is 3. The molecule has 1 fully saturated rings. The van der Waals surface area contributed by atoms with E-state index in [1.54, 1.807) is 29.3 Å². The van der Waals surface area contributed by atoms with E-state index < -0.39 is 11.9 Å². The zero-order valence-electron chi connectivity index (χ0n) is 13.4. The lowest BCUT2D eigenvalue weighted by Gasteiger charge is -2.09. The third kappa shape index (κ3) is 4.41. The van der Waals surface area contributed by atoms with E-state index in [1.807, 2.05) is 0 Å². The molecule has 2 heterocycles. The number of amides is 2. The summed E-state index contributed by atoms with van der Waals surface area (Å²) in [6.07, 6.45) is 8.14. The number of nitrogens with zero attached hydrogens (tertiary/aromatic N) is 2. The van der Waals surface area contributed by atoms with E-state index >= 15 is 0 Å². The Balaban J connectivity index is 0.000000219. The second-order valence-corrected chi connectivity index (χ2v) is 5.73. The predicted molar refractivity (Wildman–Crippen MR) is 87.4 cm³/mol. The number of primary amides is 1. The first-order valence-electron chi connectivity index (χ1n) is 7.92. The van der Waals surface area contributed by atoms with Gasteiger partial charge in [-0.3, -0.25) is 14.6 Å². The molecule has 2 amide bonds. The number of likely N-dealkylation sites (tertiary alicyclic amines) is 1. The maximum absolute atomic E-state index is 12.0. The number of allylic oxidation sites excluding steroid dienone is 1. The van der Waals surface area contributed by atoms with E-state index in [4.69, 9.17) is 10.8 Å². The fourth-order valence-electron chi connectivity index (χ4n) is 2.81. The Morgan fingerprint density at radius 3 is 2.46 bits per heavy atom. The quantitative estimate of drug-likeness (QED) is 0.820. The molecule has 1 saturated heterocycles. The Morgan fingerprint density at radius 2 is 1.96 bits per heavy atom. The molecule has 24 heavy (non-hydrogen) atoms. The van der Waals surface area contributed by atoms with Crippen LogP contribution in [0.25, 0.3) is 0 Å². The standard InChI is InChI=1S/C12H11NO3.C5H10N2O/c14-11(8-3-2-6-13-7-8)9-4-1-5-10(9)12(15)16;6-5(8)7-3-1-2-4-7/h2-4,6-7,10H,1,5H2,(H,15,16);1-4H2,(H2,6,8). The summed E-state index contributed by atoms with van der Waals surface area (Å²) in [4.78, 5) is 38.8. The third-order valence-electron chi connectivity index (χ3n) is 4.10. The number of pyridine rings is 1. The Bertz CT molecular complexity index is 636. The Hall–Kier alpha value is -2.70. The number of urea groups is 1. The molecule has 3 N–H and O–H groups in total. The van der Waals surface area contributed by atoms with Gasteiger partial charge in [0.15, 0.2) is 5.78 Å². The SMILES string of the molecule is NC(=O)N1CCCC1.O=C(C1=CCCC1C(=O)O)c1cccnc1. The van der Waals surface area contributed by atoms with E-state index in [-0.39, 0.29) is 11.8 Å². The van der Waals surface area contributed by atoms with Gasteiger partial charge in [0.1, 0.15) is 0 Å². The van der Waals surface area contributed by atoms with Gasteiger partial charge < -0.3 is 15.7 Å². The number of hydrogen-bond acceptors (Lipinski definition) is 4. The highest BCUT2D eigenvalue weighted by Crippen LogP contribution is 2.28. The van der Waals surface area contributed by atoms with E-state index in [1.165, 1.54) is 6.20 Å². The highest BCUT2D eigenvalue weighted by Gasteiger charge is 2.30. The van der Waals surface area contributed by atoms with Gasteiger partial charge in [0.2, 0.25) is 0 Å². The number of rotatable bonds is 3. The van der Waals surface area contributed by atoms with Crippen molar-refractivity contribution in [1.29, 1.82) is 0 Å². The molecule has 7 heteroatoms. The van der Waals surface area contributed by atoms with Crippen molar-refractivity contribution in [2.45, 2.75) is 25.7 Å². The molecule has 2 aliphatic rings. The molecule has 1 unspecified atom stereocenters. The van der Waals surface area contributed by atoms with Crippen LogP contribution in [0.5, 0.6) is 0 Å². The van der Waals surface area contributed by atoms with Crippen LogP contribution >= 0.6 is 0 Å². The van der Waals surface area contributed by atoms with Crippen molar-refractivity contribution in [1.82, 2.24) is 9.88 Å². The fraction of sp³-hybridized carbons (Fsp3) is 0.412. The van der Waals surface area contributed by atoms with Crippen LogP contribution in [0.4, 0.5) is 4.79 Å². The molecule has 0 aromatic carbocycles. The van der Waals surface area contributed by atoms with E-state index in [0.29, 0.717) is 24.0 Å². The predicted octanol–water partition coefficient (Wildman–Crippen LogP) is 1.85. The molecule has 0 saturated carbocycles. The van der Waals surface area contributed by atoms with Gasteiger partial charge in [0, 0.05) is 36.6 Å². The minimum absolute atomic E-state index is 0.224. The molecule has 1 aliphatic heterocycles. The molecule has 1 aromatic rings. The van der Waals surface area contributed by atoms with Crippen LogP contribution in [0.15, 0.2) is 36.2 Å². The molecule has 1 atom stereocenters. The molecular formula is C17H21N3O4. The maximum Gasteiger partial charge on any atom is 0.314 e. The lowest BCUT2D eigenvalue weighted by molar-refractivity contribution is -0.140. The first-order valence-corrected chi connectivity index (χ1v) is 7.92. The van der Waals surface area contributed by atoms with E-state index in [0.717, 1.165) is 25.9 Å². The minimum Gasteiger partial charge on any atom is -0.481 e. The molecule has 1 aromatic heterocycles. The molecule has 1 aliphatic carbocycles. The van der Waals surface area contributed by atoms with E-state index in [9.17, 15) is 14.4 Å². The fourth-order valence-corrected chi connectivity index (χ4v) is 2.81. The van der Waals surface area contributed by atoms with Crippen LogP contribution in [0, 0.1) is 5.92 Å². The number of hydrogen-bond donors (Lipinski definition) is 2. The van der Waals surface area contributed by atoms with Crippen molar-refractivity contribution in [3.63, 3.8) is 0 Å². The molecule has 3 rings (SSSR count). The van der Waals surface area contributed by atoms with Crippen molar-refractivity contribution in [2.75, 3.05) is 13.1 Å². The van der Waals surface area contributed by atoms with Gasteiger partial charge in [-0.1, -0.05) is 6.08 Å². The summed E-state index contributed by atoms with van der Waals surface area (Å²) in [5, 5.41) is 8.97. The normalized spacial score (nSPS) is 19.2. The van der Waals surface area contributed by atoms with Gasteiger partial charge in [-0.2, -0.15) is 0 Å². The molecule has 128 valence electrons. The summed E-state index contributed by atoms with van der Waals surface area (Å²) in [6, 6.07) is 3.04. The topological polar surface area (TPSA) is 114 Å². The zero-order valence-corrected chi connectivity index (χ0v) is 13.4. The molecule has 7 nitrogen and oxygen atoms in total. The highest BCUT2D eigenvalue weighted by atomic mass is 16.4. The van der Waals surface area contributed by atoms with Crippen molar-refractivity contribution in [3.05, 3.63) is 41.7 Å². The monoisotopic (exact) mass is 331 g/mol. The zero-order chi connectivity index (χ0) is 17.5. The number of nitrogens with two attached hydrogens (primary N) is 1. The first kappa shape index (κ1) is 17.7. The van der Waals surface area contributed by atoms with Gasteiger partial charge in [0.25, 0.3) is 0 Å². The number of carboxylic acid groups (broad SMARTS) is 1. The van der Waals surface area contributed by atoms with Gasteiger partial charge in [-0.05, 0) is 37.8 Å². The van der Waals surface area contributed by atoms with Crippen molar-refractivity contribution in [3.8, 4) is 0 Å². The number of carbonyl (C=O) groups excluding carboxylic acids is 2. The summed E-state index contributed by atoms with van der Waals surface area (Å²) in [5.74, 6) is -1.81. The largest absolute Gasteiger partial charge is 0.481 e. The smallest absolute Gasteiger partial charge is 0.314 e. The number of carboxylic acids is 1. The lowest BCUT2D eigenvalue weighted by Crippen LogP contribution is -2.32. The highest BCUT2D eigenvalue weighted by molar-refractivity contribution is 6.11. The number of aliphatic carboxylic acids is 1. The van der Waals surface area contributed by atoms with Crippen LogP contribution in [0.3, 0.4) is 0 Å². The Labute approximate surface area is 140 Å². The third-order valence-corrected chi connectivity index (χ3v) is 4.10.